The fourth-order valence-corrected chi connectivity index (χ4v) is 1.45. The van der Waals surface area contributed by atoms with E-state index in [4.69, 9.17) is 4.74 Å². The van der Waals surface area contributed by atoms with Crippen LogP contribution in [-0.2, 0) is 9.53 Å². The second-order valence-corrected chi connectivity index (χ2v) is 3.76. The molecule has 6 nitrogen and oxygen atoms in total. The zero-order valence-corrected chi connectivity index (χ0v) is 10.4. The van der Waals surface area contributed by atoms with E-state index < -0.39 is 4.92 Å². The van der Waals surface area contributed by atoms with E-state index >= 15 is 0 Å². The molecule has 1 N–H and O–H groups in total. The van der Waals surface area contributed by atoms with Crippen LogP contribution in [0.3, 0.4) is 0 Å². The van der Waals surface area contributed by atoms with Crippen LogP contribution in [0.4, 0.5) is 5.69 Å². The lowest BCUT2D eigenvalue weighted by atomic mass is 10.1. The predicted molar refractivity (Wildman–Crippen MR) is 66.1 cm³/mol. The standard InChI is InChI=1S/C12H16N2O4/c1-3-18-12(15)8-13-9(2)10-4-6-11(7-5-10)14(16)17/h4-7,9,13H,3,8H2,1-2H3. The van der Waals surface area contributed by atoms with Gasteiger partial charge in [-0.15, -0.1) is 0 Å². The summed E-state index contributed by atoms with van der Waals surface area (Å²) in [5.74, 6) is -0.314. The van der Waals surface area contributed by atoms with E-state index in [0.29, 0.717) is 6.61 Å². The molecular formula is C12H16N2O4. The van der Waals surface area contributed by atoms with E-state index in [9.17, 15) is 14.9 Å². The topological polar surface area (TPSA) is 81.5 Å². The summed E-state index contributed by atoms with van der Waals surface area (Å²) in [5.41, 5.74) is 0.932. The highest BCUT2D eigenvalue weighted by atomic mass is 16.6. The lowest BCUT2D eigenvalue weighted by molar-refractivity contribution is -0.384. The first-order chi connectivity index (χ1) is 8.54. The van der Waals surface area contributed by atoms with E-state index in [1.807, 2.05) is 6.92 Å². The van der Waals surface area contributed by atoms with Gasteiger partial charge in [-0.25, -0.2) is 0 Å². The summed E-state index contributed by atoms with van der Waals surface area (Å²) in [6.07, 6.45) is 0. The van der Waals surface area contributed by atoms with Crippen molar-refractivity contribution in [3.05, 3.63) is 39.9 Å². The Morgan fingerprint density at radius 2 is 2.06 bits per heavy atom. The molecule has 0 aliphatic rings. The molecule has 0 aliphatic heterocycles. The molecule has 1 unspecified atom stereocenters. The Balaban J connectivity index is 2.53. The van der Waals surface area contributed by atoms with Gasteiger partial charge in [-0.2, -0.15) is 0 Å². The zero-order valence-electron chi connectivity index (χ0n) is 10.4. The molecule has 1 atom stereocenters. The molecule has 1 rings (SSSR count). The van der Waals surface area contributed by atoms with Crippen molar-refractivity contribution in [3.63, 3.8) is 0 Å². The molecule has 0 saturated carbocycles. The summed E-state index contributed by atoms with van der Waals surface area (Å²) in [7, 11) is 0. The highest BCUT2D eigenvalue weighted by Crippen LogP contribution is 2.17. The number of nitro benzene ring substituents is 1. The van der Waals surface area contributed by atoms with Crippen LogP contribution in [0.15, 0.2) is 24.3 Å². The molecule has 0 radical (unpaired) electrons. The lowest BCUT2D eigenvalue weighted by Gasteiger charge is -2.13. The first-order valence-corrected chi connectivity index (χ1v) is 5.68. The Kier molecular flexibility index (Phi) is 5.26. The van der Waals surface area contributed by atoms with Gasteiger partial charge in [0, 0.05) is 18.2 Å². The van der Waals surface area contributed by atoms with Crippen LogP contribution in [0.25, 0.3) is 0 Å². The van der Waals surface area contributed by atoms with Crippen molar-refractivity contribution in [2.75, 3.05) is 13.2 Å². The largest absolute Gasteiger partial charge is 0.465 e. The summed E-state index contributed by atoms with van der Waals surface area (Å²) < 4.78 is 4.79. The molecule has 0 bridgehead atoms. The van der Waals surface area contributed by atoms with Crippen molar-refractivity contribution in [3.8, 4) is 0 Å². The molecule has 0 fully saturated rings. The Morgan fingerprint density at radius 1 is 1.44 bits per heavy atom. The first kappa shape index (κ1) is 14.1. The maximum Gasteiger partial charge on any atom is 0.319 e. The van der Waals surface area contributed by atoms with E-state index in [1.54, 1.807) is 19.1 Å². The van der Waals surface area contributed by atoms with Crippen LogP contribution in [0.1, 0.15) is 25.5 Å². The number of carbonyl (C=O) groups excluding carboxylic acids is 1. The minimum absolute atomic E-state index is 0.0522. The summed E-state index contributed by atoms with van der Waals surface area (Å²) >= 11 is 0. The van der Waals surface area contributed by atoms with Crippen molar-refractivity contribution in [2.45, 2.75) is 19.9 Å². The number of hydrogen-bond acceptors (Lipinski definition) is 5. The molecule has 18 heavy (non-hydrogen) atoms. The second kappa shape index (κ2) is 6.70. The van der Waals surface area contributed by atoms with Gasteiger partial charge in [0.05, 0.1) is 18.1 Å². The fraction of sp³-hybridized carbons (Fsp3) is 0.417. The average molecular weight is 252 g/mol. The Bertz CT molecular complexity index is 417. The van der Waals surface area contributed by atoms with Crippen LogP contribution in [0.5, 0.6) is 0 Å². The highest BCUT2D eigenvalue weighted by Gasteiger charge is 2.10. The van der Waals surface area contributed by atoms with Crippen LogP contribution < -0.4 is 5.32 Å². The molecule has 1 aromatic rings. The number of esters is 1. The monoisotopic (exact) mass is 252 g/mol. The maximum atomic E-state index is 11.1. The molecule has 0 saturated heterocycles. The molecule has 6 heteroatoms. The van der Waals surface area contributed by atoms with Gasteiger partial charge in [0.25, 0.3) is 5.69 Å². The van der Waals surface area contributed by atoms with E-state index in [-0.39, 0.29) is 24.2 Å². The summed E-state index contributed by atoms with van der Waals surface area (Å²) in [5, 5.41) is 13.5. The van der Waals surface area contributed by atoms with Crippen molar-refractivity contribution in [1.29, 1.82) is 0 Å². The Labute approximate surface area is 105 Å². The van der Waals surface area contributed by atoms with Crippen molar-refractivity contribution < 1.29 is 14.5 Å². The van der Waals surface area contributed by atoms with Crippen LogP contribution in [0.2, 0.25) is 0 Å². The average Bonchev–Trinajstić information content (AvgIpc) is 2.36. The molecule has 98 valence electrons. The first-order valence-electron chi connectivity index (χ1n) is 5.68. The summed E-state index contributed by atoms with van der Waals surface area (Å²) in [6.45, 7) is 4.09. The van der Waals surface area contributed by atoms with Crippen molar-refractivity contribution in [1.82, 2.24) is 5.32 Å². The normalized spacial score (nSPS) is 11.9. The van der Waals surface area contributed by atoms with Gasteiger partial charge in [0.15, 0.2) is 0 Å². The van der Waals surface area contributed by atoms with Crippen molar-refractivity contribution in [2.24, 2.45) is 0 Å². The third kappa shape index (κ3) is 4.14. The van der Waals surface area contributed by atoms with Gasteiger partial charge >= 0.3 is 5.97 Å². The fourth-order valence-electron chi connectivity index (χ4n) is 1.45. The van der Waals surface area contributed by atoms with Gasteiger partial charge in [-0.3, -0.25) is 14.9 Å². The molecule has 0 amide bonds. The minimum Gasteiger partial charge on any atom is -0.465 e. The molecule has 0 heterocycles. The Hall–Kier alpha value is -1.95. The summed E-state index contributed by atoms with van der Waals surface area (Å²) in [6, 6.07) is 6.15. The number of nitrogens with one attached hydrogen (secondary N) is 1. The maximum absolute atomic E-state index is 11.1. The predicted octanol–water partition coefficient (Wildman–Crippen LogP) is 1.81. The molecule has 0 aromatic heterocycles. The Morgan fingerprint density at radius 3 is 2.56 bits per heavy atom. The lowest BCUT2D eigenvalue weighted by Crippen LogP contribution is -2.27. The second-order valence-electron chi connectivity index (χ2n) is 3.76. The number of non-ortho nitro benzene ring substituents is 1. The minimum atomic E-state index is -0.444. The van der Waals surface area contributed by atoms with Gasteiger partial charge in [0.1, 0.15) is 0 Å². The van der Waals surface area contributed by atoms with Gasteiger partial charge in [0.2, 0.25) is 0 Å². The van der Waals surface area contributed by atoms with Gasteiger partial charge in [-0.05, 0) is 19.4 Å². The molecular weight excluding hydrogens is 236 g/mol. The third-order valence-electron chi connectivity index (χ3n) is 2.46. The number of rotatable bonds is 6. The molecule has 1 aromatic carbocycles. The summed E-state index contributed by atoms with van der Waals surface area (Å²) in [4.78, 5) is 21.2. The smallest absolute Gasteiger partial charge is 0.319 e. The third-order valence-corrected chi connectivity index (χ3v) is 2.46. The number of ether oxygens (including phenoxy) is 1. The van der Waals surface area contributed by atoms with Gasteiger partial charge < -0.3 is 10.1 Å². The van der Waals surface area contributed by atoms with Crippen LogP contribution in [-0.4, -0.2) is 24.0 Å². The molecule has 0 spiro atoms. The van der Waals surface area contributed by atoms with E-state index in [2.05, 4.69) is 5.32 Å². The zero-order chi connectivity index (χ0) is 13.5. The number of hydrogen-bond donors (Lipinski definition) is 1. The van der Waals surface area contributed by atoms with Gasteiger partial charge in [-0.1, -0.05) is 12.1 Å². The van der Waals surface area contributed by atoms with Crippen LogP contribution in [0, 0.1) is 10.1 Å². The molecule has 0 aliphatic carbocycles. The van der Waals surface area contributed by atoms with E-state index in [0.717, 1.165) is 5.56 Å². The number of nitrogens with zero attached hydrogens (tertiary/aromatic N) is 1. The van der Waals surface area contributed by atoms with E-state index in [1.165, 1.54) is 12.1 Å². The number of benzene rings is 1. The number of carbonyl (C=O) groups is 1. The SMILES string of the molecule is CCOC(=O)CNC(C)c1ccc([N+](=O)[O-])cc1. The highest BCUT2D eigenvalue weighted by molar-refractivity contribution is 5.71. The number of nitro groups is 1. The van der Waals surface area contributed by atoms with Crippen LogP contribution >= 0.6 is 0 Å². The quantitative estimate of drug-likeness (QED) is 0.474. The van der Waals surface area contributed by atoms with Crippen molar-refractivity contribution >= 4 is 11.7 Å².